The van der Waals surface area contributed by atoms with E-state index in [9.17, 15) is 45.6 Å². The molecule has 2 aliphatic rings. The zero-order valence-electron chi connectivity index (χ0n) is 29.8. The van der Waals surface area contributed by atoms with E-state index in [4.69, 9.17) is 18.9 Å². The molecule has 14 heteroatoms. The molecular weight excluding hydrogens is 666 g/mol. The smallest absolute Gasteiger partial charge is 0.220 e. The van der Waals surface area contributed by atoms with Gasteiger partial charge < -0.3 is 65.1 Å². The standard InChI is InChI=1S/C37H61NO13/c1-3-5-7-9-10-11-12-13-14-15-16-17-19-21-29(42)38-25(26(41)20-18-8-6-4-2)24-48-36-34(47)32(45)35(28(23-40)50-36)51-37-33(46)31(44)30(43)27(22-39)49-37/h5,7,10-11,13-14,16-18,20,25-28,30-37,39-41,43-47H,3-4,6,8-9,12,15,19,21-24H2,1-2H3,(H,38,42)/b7-5-,11-10-,14-13-,17-16-,20-18+. The molecule has 0 aromatic carbocycles. The lowest BCUT2D eigenvalue weighted by Gasteiger charge is -2.46. The minimum absolute atomic E-state index is 0.155. The Kier molecular flexibility index (Phi) is 22.5. The molecule has 1 amide bonds. The summed E-state index contributed by atoms with van der Waals surface area (Å²) in [5.41, 5.74) is 0. The third-order valence-corrected chi connectivity index (χ3v) is 8.47. The highest BCUT2D eigenvalue weighted by Crippen LogP contribution is 2.29. The Morgan fingerprint density at radius 2 is 1.31 bits per heavy atom. The summed E-state index contributed by atoms with van der Waals surface area (Å²) in [5, 5.41) is 85.3. The largest absolute Gasteiger partial charge is 0.394 e. The van der Waals surface area contributed by atoms with E-state index in [0.717, 1.165) is 44.9 Å². The lowest BCUT2D eigenvalue weighted by Crippen LogP contribution is -2.65. The molecule has 292 valence electrons. The van der Waals surface area contributed by atoms with Gasteiger partial charge in [-0.25, -0.2) is 0 Å². The first-order valence-corrected chi connectivity index (χ1v) is 18.0. The Morgan fingerprint density at radius 1 is 0.725 bits per heavy atom. The molecule has 12 atom stereocenters. The molecule has 2 heterocycles. The number of unbranched alkanes of at least 4 members (excludes halogenated alkanes) is 2. The molecule has 2 fully saturated rings. The lowest BCUT2D eigenvalue weighted by molar-refractivity contribution is -0.359. The molecule has 9 N–H and O–H groups in total. The number of ether oxygens (including phenoxy) is 4. The van der Waals surface area contributed by atoms with E-state index in [1.165, 1.54) is 0 Å². The number of allylic oxidation sites excluding steroid dienone is 9. The summed E-state index contributed by atoms with van der Waals surface area (Å²) < 4.78 is 22.3. The summed E-state index contributed by atoms with van der Waals surface area (Å²) in [7, 11) is 0. The average molecular weight is 728 g/mol. The zero-order chi connectivity index (χ0) is 37.6. The predicted octanol–water partition coefficient (Wildman–Crippen LogP) is 0.805. The van der Waals surface area contributed by atoms with Crippen LogP contribution in [0.2, 0.25) is 0 Å². The molecule has 14 nitrogen and oxygen atoms in total. The van der Waals surface area contributed by atoms with E-state index in [0.29, 0.717) is 6.42 Å². The number of hydrogen-bond donors (Lipinski definition) is 9. The molecule has 0 aromatic heterocycles. The van der Waals surface area contributed by atoms with Crippen molar-refractivity contribution in [1.82, 2.24) is 5.32 Å². The molecule has 0 spiro atoms. The van der Waals surface area contributed by atoms with Crippen LogP contribution in [0.1, 0.15) is 71.6 Å². The number of rotatable bonds is 23. The van der Waals surface area contributed by atoms with Crippen LogP contribution in [0.25, 0.3) is 0 Å². The van der Waals surface area contributed by atoms with Gasteiger partial charge in [-0.2, -0.15) is 0 Å². The van der Waals surface area contributed by atoms with Gasteiger partial charge >= 0.3 is 0 Å². The fourth-order valence-corrected chi connectivity index (χ4v) is 5.40. The fraction of sp³-hybridized carbons (Fsp3) is 0.703. The monoisotopic (exact) mass is 727 g/mol. The van der Waals surface area contributed by atoms with Crippen molar-refractivity contribution >= 4 is 5.91 Å². The van der Waals surface area contributed by atoms with E-state index in [1.54, 1.807) is 12.2 Å². The van der Waals surface area contributed by atoms with Crippen LogP contribution in [0, 0.1) is 0 Å². The van der Waals surface area contributed by atoms with Crippen LogP contribution < -0.4 is 5.32 Å². The molecule has 51 heavy (non-hydrogen) atoms. The molecule has 0 radical (unpaired) electrons. The molecule has 12 unspecified atom stereocenters. The van der Waals surface area contributed by atoms with Gasteiger partial charge in [0.05, 0.1) is 32.0 Å². The number of aliphatic hydroxyl groups excluding tert-OH is 8. The molecule has 0 aliphatic carbocycles. The summed E-state index contributed by atoms with van der Waals surface area (Å²) in [6, 6.07) is -0.948. The first-order valence-electron chi connectivity index (χ1n) is 18.0. The second-order valence-electron chi connectivity index (χ2n) is 12.6. The lowest BCUT2D eigenvalue weighted by atomic mass is 9.97. The van der Waals surface area contributed by atoms with E-state index in [-0.39, 0.29) is 18.9 Å². The third kappa shape index (κ3) is 15.7. The van der Waals surface area contributed by atoms with E-state index < -0.39 is 86.8 Å². The maximum absolute atomic E-state index is 12.8. The quantitative estimate of drug-likeness (QED) is 0.0525. The molecular formula is C37H61NO13. The maximum Gasteiger partial charge on any atom is 0.220 e. The van der Waals surface area contributed by atoms with Crippen molar-refractivity contribution in [3.63, 3.8) is 0 Å². The van der Waals surface area contributed by atoms with Crippen molar-refractivity contribution in [2.75, 3.05) is 19.8 Å². The molecule has 2 saturated heterocycles. The van der Waals surface area contributed by atoms with Crippen LogP contribution in [0.15, 0.2) is 60.8 Å². The Morgan fingerprint density at radius 3 is 1.92 bits per heavy atom. The normalized spacial score (nSPS) is 31.8. The number of carbonyl (C=O) groups is 1. The van der Waals surface area contributed by atoms with Gasteiger partial charge in [-0.1, -0.05) is 87.4 Å². The highest BCUT2D eigenvalue weighted by Gasteiger charge is 2.50. The van der Waals surface area contributed by atoms with Crippen molar-refractivity contribution in [2.45, 2.75) is 145 Å². The minimum Gasteiger partial charge on any atom is -0.394 e. The highest BCUT2D eigenvalue weighted by molar-refractivity contribution is 5.76. The van der Waals surface area contributed by atoms with E-state index in [2.05, 4.69) is 48.7 Å². The van der Waals surface area contributed by atoms with Crippen LogP contribution in [-0.4, -0.2) is 140 Å². The molecule has 2 rings (SSSR count). The van der Waals surface area contributed by atoms with Crippen molar-refractivity contribution in [3.8, 4) is 0 Å². The Balaban J connectivity index is 1.95. The fourth-order valence-electron chi connectivity index (χ4n) is 5.40. The van der Waals surface area contributed by atoms with Gasteiger partial charge in [-0.05, 0) is 38.5 Å². The second kappa shape index (κ2) is 25.6. The van der Waals surface area contributed by atoms with Gasteiger partial charge in [0.25, 0.3) is 0 Å². The summed E-state index contributed by atoms with van der Waals surface area (Å²) >= 11 is 0. The van der Waals surface area contributed by atoms with Crippen LogP contribution in [0.4, 0.5) is 0 Å². The van der Waals surface area contributed by atoms with Gasteiger partial charge in [0, 0.05) is 6.42 Å². The topological polar surface area (TPSA) is 228 Å². The van der Waals surface area contributed by atoms with E-state index >= 15 is 0 Å². The van der Waals surface area contributed by atoms with Crippen molar-refractivity contribution in [3.05, 3.63) is 60.8 Å². The van der Waals surface area contributed by atoms with Gasteiger partial charge in [-0.3, -0.25) is 4.79 Å². The van der Waals surface area contributed by atoms with Gasteiger partial charge in [0.15, 0.2) is 12.6 Å². The SMILES string of the molecule is CC/C=C\C/C=C\C/C=C\C/C=C\CCC(=O)NC(COC1OC(CO)C(OC2OC(CO)C(O)C(O)C2O)C(O)C1O)C(O)/C=C/CCCC. The van der Waals surface area contributed by atoms with Crippen LogP contribution in [0.3, 0.4) is 0 Å². The summed E-state index contributed by atoms with van der Waals surface area (Å²) in [4.78, 5) is 12.8. The van der Waals surface area contributed by atoms with Crippen LogP contribution >= 0.6 is 0 Å². The Labute approximate surface area is 301 Å². The molecule has 0 bridgehead atoms. The van der Waals surface area contributed by atoms with Gasteiger partial charge in [-0.15, -0.1) is 0 Å². The maximum atomic E-state index is 12.8. The average Bonchev–Trinajstić information content (AvgIpc) is 3.12. The van der Waals surface area contributed by atoms with Crippen LogP contribution in [-0.2, 0) is 23.7 Å². The second-order valence-corrected chi connectivity index (χ2v) is 12.6. The summed E-state index contributed by atoms with van der Waals surface area (Å²) in [6.07, 6.45) is 9.58. The number of hydrogen-bond acceptors (Lipinski definition) is 13. The number of aliphatic hydroxyl groups is 8. The molecule has 2 aliphatic heterocycles. The Bertz CT molecular complexity index is 1090. The van der Waals surface area contributed by atoms with Crippen molar-refractivity contribution in [2.24, 2.45) is 0 Å². The third-order valence-electron chi connectivity index (χ3n) is 8.47. The van der Waals surface area contributed by atoms with Gasteiger partial charge in [0.1, 0.15) is 48.8 Å². The predicted molar refractivity (Wildman–Crippen MR) is 189 cm³/mol. The summed E-state index contributed by atoms with van der Waals surface area (Å²) in [6.45, 7) is 2.37. The van der Waals surface area contributed by atoms with Crippen LogP contribution in [0.5, 0.6) is 0 Å². The van der Waals surface area contributed by atoms with Gasteiger partial charge in [0.2, 0.25) is 5.91 Å². The Hall–Kier alpha value is -2.31. The number of amides is 1. The minimum atomic E-state index is -1.79. The molecule has 0 aromatic rings. The molecule has 0 saturated carbocycles. The number of nitrogens with one attached hydrogen (secondary N) is 1. The van der Waals surface area contributed by atoms with Crippen molar-refractivity contribution in [1.29, 1.82) is 0 Å². The van der Waals surface area contributed by atoms with Crippen molar-refractivity contribution < 1.29 is 64.6 Å². The summed E-state index contributed by atoms with van der Waals surface area (Å²) in [5.74, 6) is -0.335. The van der Waals surface area contributed by atoms with E-state index in [1.807, 2.05) is 19.1 Å². The first-order chi connectivity index (χ1) is 24.6. The first kappa shape index (κ1) is 44.8. The highest BCUT2D eigenvalue weighted by atomic mass is 16.7. The zero-order valence-corrected chi connectivity index (χ0v) is 29.8. The number of carbonyl (C=O) groups excluding carboxylic acids is 1.